The molecule has 1 heterocycles. The minimum Gasteiger partial charge on any atom is -0.345 e. The quantitative estimate of drug-likeness (QED) is 0.0804. The van der Waals surface area contributed by atoms with Gasteiger partial charge in [0.2, 0.25) is 0 Å². The van der Waals surface area contributed by atoms with Gasteiger partial charge in [0.1, 0.15) is 0 Å². The van der Waals surface area contributed by atoms with Crippen LogP contribution < -0.4 is 9.80 Å². The van der Waals surface area contributed by atoms with Crippen LogP contribution in [0.1, 0.15) is 57.7 Å². The maximum atomic E-state index is 5.65. The molecule has 0 N–H and O–H groups in total. The molecular formula is C65H60N4. The zero-order valence-corrected chi connectivity index (χ0v) is 40.9. The molecule has 9 aromatic rings. The molecule has 0 spiro atoms. The Morgan fingerprint density at radius 2 is 1.06 bits per heavy atom. The van der Waals surface area contributed by atoms with E-state index in [9.17, 15) is 0 Å². The van der Waals surface area contributed by atoms with Crippen LogP contribution in [0.25, 0.3) is 44.7 Å². The second-order valence-electron chi connectivity index (χ2n) is 17.9. The Morgan fingerprint density at radius 3 is 1.70 bits per heavy atom. The van der Waals surface area contributed by atoms with Crippen LogP contribution in [0.4, 0.5) is 28.4 Å². The van der Waals surface area contributed by atoms with Crippen molar-refractivity contribution < 1.29 is 0 Å². The molecule has 9 rings (SSSR count). The lowest BCUT2D eigenvalue weighted by Crippen LogP contribution is -2.33. The first kappa shape index (κ1) is 46.0. The van der Waals surface area contributed by atoms with Crippen molar-refractivity contribution in [3.8, 4) is 33.6 Å². The first-order valence-electron chi connectivity index (χ1n) is 24.1. The third kappa shape index (κ3) is 9.06. The summed E-state index contributed by atoms with van der Waals surface area (Å²) in [4.78, 5) is 15.6. The number of aromatic nitrogens is 2. The minimum atomic E-state index is -0.527. The first-order chi connectivity index (χ1) is 33.7. The van der Waals surface area contributed by atoms with Crippen molar-refractivity contribution in [2.45, 2.75) is 53.4 Å². The molecule has 0 aliphatic heterocycles. The molecule has 0 saturated heterocycles. The Morgan fingerprint density at radius 1 is 0.536 bits per heavy atom. The van der Waals surface area contributed by atoms with Gasteiger partial charge < -0.3 is 9.80 Å². The number of anilines is 5. The highest BCUT2D eigenvalue weighted by atomic mass is 15.1. The van der Waals surface area contributed by atoms with Crippen molar-refractivity contribution in [3.05, 3.63) is 258 Å². The van der Waals surface area contributed by atoms with E-state index >= 15 is 0 Å². The fourth-order valence-electron chi connectivity index (χ4n) is 9.87. The predicted octanol–water partition coefficient (Wildman–Crippen LogP) is 17.7. The average molecular weight is 897 g/mol. The van der Waals surface area contributed by atoms with Crippen molar-refractivity contribution in [1.82, 2.24) is 9.97 Å². The lowest BCUT2D eigenvalue weighted by molar-refractivity contribution is 0.703. The van der Waals surface area contributed by atoms with Crippen molar-refractivity contribution >= 4 is 39.5 Å². The Bertz CT molecular complexity index is 3290. The van der Waals surface area contributed by atoms with Crippen LogP contribution in [0.2, 0.25) is 0 Å². The zero-order valence-electron chi connectivity index (χ0n) is 40.9. The molecule has 1 unspecified atom stereocenters. The van der Waals surface area contributed by atoms with E-state index in [1.165, 1.54) is 33.4 Å². The molecule has 8 aromatic carbocycles. The average Bonchev–Trinajstić information content (AvgIpc) is 3.40. The Balaban J connectivity index is 1.19. The van der Waals surface area contributed by atoms with Crippen molar-refractivity contribution in [2.24, 2.45) is 0 Å². The molecular weight excluding hydrogens is 837 g/mol. The van der Waals surface area contributed by atoms with E-state index in [2.05, 4.69) is 271 Å². The molecule has 0 fully saturated rings. The van der Waals surface area contributed by atoms with Crippen LogP contribution in [-0.2, 0) is 5.41 Å². The third-order valence-corrected chi connectivity index (χ3v) is 13.5. The topological polar surface area (TPSA) is 32.3 Å². The largest absolute Gasteiger partial charge is 0.345 e. The molecule has 0 radical (unpaired) electrons. The lowest BCUT2D eigenvalue weighted by Gasteiger charge is -2.40. The summed E-state index contributed by atoms with van der Waals surface area (Å²) in [6, 6.07) is 73.4. The van der Waals surface area contributed by atoms with E-state index in [4.69, 9.17) is 9.97 Å². The van der Waals surface area contributed by atoms with Gasteiger partial charge in [-0.2, -0.15) is 0 Å². The number of aryl methyl sites for hydroxylation is 1. The summed E-state index contributed by atoms with van der Waals surface area (Å²) in [6.45, 7) is 13.4. The van der Waals surface area contributed by atoms with Gasteiger partial charge in [-0.3, -0.25) is 0 Å². The molecule has 4 nitrogen and oxygen atoms in total. The molecule has 0 bridgehead atoms. The minimum absolute atomic E-state index is 0.527. The number of rotatable bonds is 14. The second-order valence-corrected chi connectivity index (χ2v) is 17.9. The molecule has 4 heteroatoms. The van der Waals surface area contributed by atoms with Gasteiger partial charge in [0.25, 0.3) is 0 Å². The monoisotopic (exact) mass is 896 g/mol. The number of para-hydroxylation sites is 3. The number of fused-ring (bicyclic) bond motifs is 1. The summed E-state index contributed by atoms with van der Waals surface area (Å²) in [6.07, 6.45) is 7.80. The highest BCUT2D eigenvalue weighted by Crippen LogP contribution is 2.49. The summed E-state index contributed by atoms with van der Waals surface area (Å²) in [5.74, 6) is 0. The Kier molecular flexibility index (Phi) is 13.6. The third-order valence-electron chi connectivity index (χ3n) is 13.5. The molecule has 340 valence electrons. The molecule has 69 heavy (non-hydrogen) atoms. The van der Waals surface area contributed by atoms with Gasteiger partial charge in [0, 0.05) is 52.2 Å². The van der Waals surface area contributed by atoms with E-state index in [-0.39, 0.29) is 0 Å². The van der Waals surface area contributed by atoms with Crippen molar-refractivity contribution in [3.63, 3.8) is 0 Å². The van der Waals surface area contributed by atoms with Gasteiger partial charge in [-0.05, 0) is 142 Å². The maximum Gasteiger partial charge on any atom is 0.0973 e. The Hall–Kier alpha value is -8.08. The van der Waals surface area contributed by atoms with Crippen molar-refractivity contribution in [2.75, 3.05) is 16.8 Å². The SMILES string of the molecule is C/C=C\C(=C/CC)C(C(C)=C(C)C)(c1cccc(-c2cccc3nc(-c4ccccc4)c(-c4ccc(N(c5ccccc5)c5ccc(N(C)c6ccccc6)cc5)cc4)nc23)c1)c1ccccc1C. The first-order valence-corrected chi connectivity index (χ1v) is 24.1. The smallest absolute Gasteiger partial charge is 0.0973 e. The summed E-state index contributed by atoms with van der Waals surface area (Å²) >= 11 is 0. The van der Waals surface area contributed by atoms with Crippen LogP contribution in [0, 0.1) is 6.92 Å². The van der Waals surface area contributed by atoms with Gasteiger partial charge in [0.05, 0.1) is 27.8 Å². The predicted molar refractivity (Wildman–Crippen MR) is 294 cm³/mol. The molecule has 0 aliphatic rings. The highest BCUT2D eigenvalue weighted by Gasteiger charge is 2.40. The van der Waals surface area contributed by atoms with Gasteiger partial charge in [0.15, 0.2) is 0 Å². The van der Waals surface area contributed by atoms with Crippen LogP contribution in [0.5, 0.6) is 0 Å². The molecule has 1 aromatic heterocycles. The fraction of sp³-hybridized carbons (Fsp3) is 0.138. The number of benzene rings is 8. The molecule has 0 amide bonds. The van der Waals surface area contributed by atoms with Gasteiger partial charge in [-0.25, -0.2) is 9.97 Å². The molecule has 1 atom stereocenters. The van der Waals surface area contributed by atoms with E-state index in [0.29, 0.717) is 0 Å². The van der Waals surface area contributed by atoms with Crippen LogP contribution >= 0.6 is 0 Å². The van der Waals surface area contributed by atoms with Crippen molar-refractivity contribution in [1.29, 1.82) is 0 Å². The van der Waals surface area contributed by atoms with E-state index in [1.54, 1.807) is 0 Å². The Labute approximate surface area is 409 Å². The van der Waals surface area contributed by atoms with Gasteiger partial charge in [-0.15, -0.1) is 0 Å². The summed E-state index contributed by atoms with van der Waals surface area (Å²) in [5, 5.41) is 0. The van der Waals surface area contributed by atoms with E-state index < -0.39 is 5.41 Å². The standard InChI is InChI=1S/C65H60N4/c1-8-23-52(24-9-2)65(48(6)46(3)4,60-35-20-19-25-47(60)5)53-29-21-28-51(45-53)59-34-22-36-61-64(59)67-63(62(66-61)49-26-13-10-14-27-49)50-37-39-57(40-38-50)69(56-32-17-12-18-33-56)58-43-41-55(42-44-58)68(7)54-30-15-11-16-31-54/h8,10-45H,9H2,1-7H3/b23-8-,52-24+. The zero-order chi connectivity index (χ0) is 47.9. The number of hydrogen-bond donors (Lipinski definition) is 0. The van der Waals surface area contributed by atoms with Crippen LogP contribution in [0.3, 0.4) is 0 Å². The maximum absolute atomic E-state index is 5.65. The lowest BCUT2D eigenvalue weighted by atomic mass is 9.62. The number of allylic oxidation sites excluding steroid dienone is 6. The van der Waals surface area contributed by atoms with Gasteiger partial charge >= 0.3 is 0 Å². The van der Waals surface area contributed by atoms with E-state index in [0.717, 1.165) is 79.5 Å². The second kappa shape index (κ2) is 20.4. The number of nitrogens with zero attached hydrogens (tertiary/aromatic N) is 4. The highest BCUT2D eigenvalue weighted by molar-refractivity contribution is 5.96. The summed E-state index contributed by atoms with van der Waals surface area (Å²) in [7, 11) is 2.11. The fourth-order valence-corrected chi connectivity index (χ4v) is 9.87. The normalized spacial score (nSPS) is 12.5. The molecule has 0 aliphatic carbocycles. The van der Waals surface area contributed by atoms with Crippen LogP contribution in [-0.4, -0.2) is 17.0 Å². The van der Waals surface area contributed by atoms with E-state index in [1.807, 2.05) is 12.1 Å². The van der Waals surface area contributed by atoms with Crippen LogP contribution in [0.15, 0.2) is 241 Å². The van der Waals surface area contributed by atoms with Gasteiger partial charge in [-0.1, -0.05) is 170 Å². The summed E-state index contributed by atoms with van der Waals surface area (Å²) < 4.78 is 0. The summed E-state index contributed by atoms with van der Waals surface area (Å²) in [5.41, 5.74) is 20.1. The number of hydrogen-bond acceptors (Lipinski definition) is 4. The molecule has 0 saturated carbocycles.